The predicted molar refractivity (Wildman–Crippen MR) is 97.4 cm³/mol. The normalized spacial score (nSPS) is 23.6. The molecule has 7 heteroatoms. The number of rotatable bonds is 11. The van der Waals surface area contributed by atoms with Crippen molar-refractivity contribution in [2.45, 2.75) is 44.0 Å². The third-order valence-electron chi connectivity index (χ3n) is 4.35. The number of ketones is 1. The third kappa shape index (κ3) is 7.13. The number of carboxylic acids is 1. The van der Waals surface area contributed by atoms with E-state index in [1.807, 2.05) is 18.2 Å². The van der Waals surface area contributed by atoms with Crippen LogP contribution in [-0.2, 0) is 14.3 Å². The number of carbonyl (C=O) groups excluding carboxylic acids is 1. The maximum Gasteiger partial charge on any atom is 0.303 e. The van der Waals surface area contributed by atoms with Crippen molar-refractivity contribution in [2.24, 2.45) is 5.92 Å². The van der Waals surface area contributed by atoms with E-state index in [9.17, 15) is 19.8 Å². The summed E-state index contributed by atoms with van der Waals surface area (Å²) in [6.45, 7) is -0.0123. The Balaban J connectivity index is 1.77. The van der Waals surface area contributed by atoms with E-state index < -0.39 is 30.2 Å². The van der Waals surface area contributed by atoms with Crippen LogP contribution in [0.1, 0.15) is 25.7 Å². The highest BCUT2D eigenvalue weighted by molar-refractivity contribution is 5.85. The van der Waals surface area contributed by atoms with Gasteiger partial charge in [-0.05, 0) is 25.0 Å². The molecule has 0 heterocycles. The van der Waals surface area contributed by atoms with Gasteiger partial charge in [0.2, 0.25) is 0 Å². The molecule has 27 heavy (non-hydrogen) atoms. The zero-order valence-electron chi connectivity index (χ0n) is 15.1. The minimum Gasteiger partial charge on any atom is -0.491 e. The van der Waals surface area contributed by atoms with Crippen LogP contribution in [0.15, 0.2) is 42.5 Å². The summed E-state index contributed by atoms with van der Waals surface area (Å²) in [5.74, 6) is -0.828. The standard InChI is InChI=1S/C20H26O7/c21-14(12-26-15-7-3-1-4-8-15)13-27-20-16(17(22)11-18(20)23)9-5-2-6-10-19(24)25/h1-5,7-8,14,16,18,20-21,23H,6,9-13H2,(H,24,25). The topological polar surface area (TPSA) is 113 Å². The van der Waals surface area contributed by atoms with Gasteiger partial charge in [0.15, 0.2) is 0 Å². The molecule has 1 aliphatic rings. The lowest BCUT2D eigenvalue weighted by Gasteiger charge is -2.22. The number of Topliss-reactive ketones (excluding diaryl/α,β-unsaturated/α-hetero) is 1. The lowest BCUT2D eigenvalue weighted by atomic mass is 9.99. The van der Waals surface area contributed by atoms with Crippen LogP contribution in [0, 0.1) is 5.92 Å². The van der Waals surface area contributed by atoms with Crippen molar-refractivity contribution in [1.82, 2.24) is 0 Å². The molecule has 7 nitrogen and oxygen atoms in total. The van der Waals surface area contributed by atoms with Gasteiger partial charge in [0.1, 0.15) is 24.2 Å². The molecule has 0 amide bonds. The summed E-state index contributed by atoms with van der Waals surface area (Å²) in [4.78, 5) is 22.6. The van der Waals surface area contributed by atoms with E-state index in [1.165, 1.54) is 0 Å². The van der Waals surface area contributed by atoms with Gasteiger partial charge in [-0.25, -0.2) is 0 Å². The Bertz CT molecular complexity index is 628. The number of para-hydroxylation sites is 1. The van der Waals surface area contributed by atoms with Gasteiger partial charge in [0, 0.05) is 18.8 Å². The maximum atomic E-state index is 12.1. The molecule has 4 unspecified atom stereocenters. The van der Waals surface area contributed by atoms with Crippen LogP contribution in [0.5, 0.6) is 5.75 Å². The Labute approximate surface area is 158 Å². The zero-order valence-corrected chi connectivity index (χ0v) is 15.1. The first kappa shape index (κ1) is 21.1. The number of aliphatic hydroxyl groups excluding tert-OH is 2. The van der Waals surface area contributed by atoms with Crippen LogP contribution >= 0.6 is 0 Å². The fourth-order valence-electron chi connectivity index (χ4n) is 2.96. The summed E-state index contributed by atoms with van der Waals surface area (Å²) >= 11 is 0. The average molecular weight is 378 g/mol. The highest BCUT2D eigenvalue weighted by Gasteiger charge is 2.41. The van der Waals surface area contributed by atoms with Crippen LogP contribution < -0.4 is 4.74 Å². The molecule has 4 atom stereocenters. The van der Waals surface area contributed by atoms with Crippen LogP contribution in [0.3, 0.4) is 0 Å². The van der Waals surface area contributed by atoms with E-state index >= 15 is 0 Å². The smallest absolute Gasteiger partial charge is 0.303 e. The molecular weight excluding hydrogens is 352 g/mol. The lowest BCUT2D eigenvalue weighted by molar-refractivity contribution is -0.136. The number of ether oxygens (including phenoxy) is 2. The van der Waals surface area contributed by atoms with Crippen LogP contribution in [0.25, 0.3) is 0 Å². The number of carbonyl (C=O) groups is 2. The van der Waals surface area contributed by atoms with E-state index in [0.29, 0.717) is 18.6 Å². The van der Waals surface area contributed by atoms with Gasteiger partial charge in [-0.3, -0.25) is 9.59 Å². The highest BCUT2D eigenvalue weighted by Crippen LogP contribution is 2.29. The van der Waals surface area contributed by atoms with Crippen molar-refractivity contribution in [3.8, 4) is 5.75 Å². The number of aliphatic carboxylic acids is 1. The molecule has 0 saturated heterocycles. The Morgan fingerprint density at radius 3 is 2.67 bits per heavy atom. The summed E-state index contributed by atoms with van der Waals surface area (Å²) in [7, 11) is 0. The van der Waals surface area contributed by atoms with Gasteiger partial charge in [-0.1, -0.05) is 30.4 Å². The molecule has 1 saturated carbocycles. The lowest BCUT2D eigenvalue weighted by Crippen LogP contribution is -2.34. The van der Waals surface area contributed by atoms with E-state index in [4.69, 9.17) is 14.6 Å². The SMILES string of the molecule is O=C(O)CCC=CCC1C(=O)CC(O)C1OCC(O)COc1ccccc1. The molecule has 2 rings (SSSR count). The predicted octanol–water partition coefficient (Wildman–Crippen LogP) is 1.57. The minimum absolute atomic E-state index is 0.0227. The maximum absolute atomic E-state index is 12.1. The monoisotopic (exact) mass is 378 g/mol. The second-order valence-corrected chi connectivity index (χ2v) is 6.56. The Hall–Kier alpha value is -2.22. The van der Waals surface area contributed by atoms with Crippen molar-refractivity contribution in [1.29, 1.82) is 0 Å². The number of carboxylic acid groups (broad SMARTS) is 1. The number of allylic oxidation sites excluding steroid dienone is 2. The largest absolute Gasteiger partial charge is 0.491 e. The van der Waals surface area contributed by atoms with Gasteiger partial charge in [0.05, 0.1) is 18.8 Å². The van der Waals surface area contributed by atoms with Gasteiger partial charge >= 0.3 is 5.97 Å². The third-order valence-corrected chi connectivity index (χ3v) is 4.35. The minimum atomic E-state index is -0.905. The fraction of sp³-hybridized carbons (Fsp3) is 0.500. The van der Waals surface area contributed by atoms with Crippen molar-refractivity contribution < 1.29 is 34.4 Å². The van der Waals surface area contributed by atoms with Crippen molar-refractivity contribution in [3.63, 3.8) is 0 Å². The molecule has 1 fully saturated rings. The molecule has 0 radical (unpaired) electrons. The van der Waals surface area contributed by atoms with Crippen LogP contribution in [-0.4, -0.2) is 58.6 Å². The van der Waals surface area contributed by atoms with Gasteiger partial charge in [0.25, 0.3) is 0 Å². The molecular formula is C20H26O7. The summed E-state index contributed by atoms with van der Waals surface area (Å²) in [5.41, 5.74) is 0. The van der Waals surface area contributed by atoms with Crippen LogP contribution in [0.4, 0.5) is 0 Å². The first-order chi connectivity index (χ1) is 13.0. The van der Waals surface area contributed by atoms with E-state index in [-0.39, 0.29) is 31.8 Å². The van der Waals surface area contributed by atoms with Gasteiger partial charge < -0.3 is 24.8 Å². The van der Waals surface area contributed by atoms with Crippen molar-refractivity contribution in [2.75, 3.05) is 13.2 Å². The number of aliphatic hydroxyl groups is 2. The Morgan fingerprint density at radius 2 is 1.96 bits per heavy atom. The molecule has 148 valence electrons. The van der Waals surface area contributed by atoms with E-state index in [0.717, 1.165) is 0 Å². The van der Waals surface area contributed by atoms with Gasteiger partial charge in [-0.15, -0.1) is 0 Å². The number of hydrogen-bond acceptors (Lipinski definition) is 6. The Morgan fingerprint density at radius 1 is 1.22 bits per heavy atom. The summed E-state index contributed by atoms with van der Waals surface area (Å²) in [5, 5.41) is 28.7. The molecule has 1 aliphatic carbocycles. The summed E-state index contributed by atoms with van der Waals surface area (Å²) in [6, 6.07) is 9.07. The molecule has 1 aromatic carbocycles. The zero-order chi connectivity index (χ0) is 19.6. The van der Waals surface area contributed by atoms with Crippen molar-refractivity contribution in [3.05, 3.63) is 42.5 Å². The fourth-order valence-corrected chi connectivity index (χ4v) is 2.96. The Kier molecular flexibility index (Phi) is 8.44. The van der Waals surface area contributed by atoms with Crippen molar-refractivity contribution >= 4 is 11.8 Å². The van der Waals surface area contributed by atoms with E-state index in [2.05, 4.69) is 0 Å². The molecule has 0 aliphatic heterocycles. The first-order valence-electron chi connectivity index (χ1n) is 9.02. The number of benzene rings is 1. The highest BCUT2D eigenvalue weighted by atomic mass is 16.5. The second-order valence-electron chi connectivity index (χ2n) is 6.56. The summed E-state index contributed by atoms with van der Waals surface area (Å²) < 4.78 is 11.1. The molecule has 0 spiro atoms. The van der Waals surface area contributed by atoms with Crippen LogP contribution in [0.2, 0.25) is 0 Å². The van der Waals surface area contributed by atoms with E-state index in [1.54, 1.807) is 24.3 Å². The first-order valence-corrected chi connectivity index (χ1v) is 9.02. The molecule has 1 aromatic rings. The number of hydrogen-bond donors (Lipinski definition) is 3. The molecule has 3 N–H and O–H groups in total. The second kappa shape index (κ2) is 10.8. The summed E-state index contributed by atoms with van der Waals surface area (Å²) in [6.07, 6.45) is 1.79. The quantitative estimate of drug-likeness (QED) is 0.501. The van der Waals surface area contributed by atoms with Gasteiger partial charge in [-0.2, -0.15) is 0 Å². The molecule has 0 aromatic heterocycles. The average Bonchev–Trinajstić information content (AvgIpc) is 2.91. The molecule has 0 bridgehead atoms.